The molecule has 2 aromatic carbocycles. The van der Waals surface area contributed by atoms with E-state index in [9.17, 15) is 13.6 Å². The summed E-state index contributed by atoms with van der Waals surface area (Å²) in [6.45, 7) is -2.95. The van der Waals surface area contributed by atoms with E-state index in [2.05, 4.69) is 10.1 Å². The average molecular weight is 379 g/mol. The van der Waals surface area contributed by atoms with Crippen LogP contribution in [0.1, 0.15) is 5.56 Å². The lowest BCUT2D eigenvalue weighted by atomic mass is 10.2. The molecule has 144 valence electrons. The molecule has 2 aromatic rings. The SMILES string of the molecule is COc1ccc(OC)c(NC(=O)/C=C/c2ccc(OC(F)F)c(OC)c2)c1. The number of methoxy groups -OCH3 is 3. The van der Waals surface area contributed by atoms with Crippen molar-refractivity contribution in [3.8, 4) is 23.0 Å². The van der Waals surface area contributed by atoms with Crippen LogP contribution in [0.15, 0.2) is 42.5 Å². The Hall–Kier alpha value is -3.29. The van der Waals surface area contributed by atoms with Gasteiger partial charge < -0.3 is 24.3 Å². The number of rotatable bonds is 8. The van der Waals surface area contributed by atoms with Gasteiger partial charge in [0.15, 0.2) is 11.5 Å². The Balaban J connectivity index is 2.13. The van der Waals surface area contributed by atoms with Gasteiger partial charge >= 0.3 is 6.61 Å². The number of hydrogen-bond donors (Lipinski definition) is 1. The molecule has 2 rings (SSSR count). The van der Waals surface area contributed by atoms with Crippen molar-refractivity contribution in [3.05, 3.63) is 48.0 Å². The first kappa shape index (κ1) is 20.0. The molecule has 1 amide bonds. The highest BCUT2D eigenvalue weighted by molar-refractivity contribution is 6.02. The van der Waals surface area contributed by atoms with Gasteiger partial charge in [0.1, 0.15) is 11.5 Å². The number of halogens is 2. The predicted molar refractivity (Wildman–Crippen MR) is 96.8 cm³/mol. The normalized spacial score (nSPS) is 10.7. The molecule has 0 aliphatic rings. The third-order valence-electron chi connectivity index (χ3n) is 3.50. The molecule has 0 atom stereocenters. The number of benzene rings is 2. The molecule has 0 saturated carbocycles. The van der Waals surface area contributed by atoms with Gasteiger partial charge in [-0.3, -0.25) is 4.79 Å². The average Bonchev–Trinajstić information content (AvgIpc) is 2.66. The van der Waals surface area contributed by atoms with Crippen LogP contribution in [0, 0.1) is 0 Å². The Kier molecular flexibility index (Phi) is 6.99. The number of carbonyl (C=O) groups excluding carboxylic acids is 1. The van der Waals surface area contributed by atoms with E-state index >= 15 is 0 Å². The second kappa shape index (κ2) is 9.42. The molecule has 0 heterocycles. The van der Waals surface area contributed by atoms with Gasteiger partial charge in [0.2, 0.25) is 5.91 Å². The number of carbonyl (C=O) groups is 1. The molecule has 0 fully saturated rings. The Morgan fingerprint density at radius 1 is 0.963 bits per heavy atom. The Bertz CT molecular complexity index is 824. The van der Waals surface area contributed by atoms with E-state index in [4.69, 9.17) is 14.2 Å². The fourth-order valence-corrected chi connectivity index (χ4v) is 2.24. The first-order valence-electron chi connectivity index (χ1n) is 7.80. The fraction of sp³-hybridized carbons (Fsp3) is 0.211. The maximum Gasteiger partial charge on any atom is 0.387 e. The van der Waals surface area contributed by atoms with Crippen molar-refractivity contribution in [1.82, 2.24) is 0 Å². The van der Waals surface area contributed by atoms with E-state index in [1.165, 1.54) is 51.7 Å². The summed E-state index contributed by atoms with van der Waals surface area (Å²) in [5.74, 6) is 0.679. The maximum absolute atomic E-state index is 12.4. The van der Waals surface area contributed by atoms with Gasteiger partial charge in [-0.1, -0.05) is 6.07 Å². The lowest BCUT2D eigenvalue weighted by Gasteiger charge is -2.11. The van der Waals surface area contributed by atoms with Crippen molar-refractivity contribution in [3.63, 3.8) is 0 Å². The van der Waals surface area contributed by atoms with Gasteiger partial charge in [0, 0.05) is 12.1 Å². The number of anilines is 1. The fourth-order valence-electron chi connectivity index (χ4n) is 2.24. The maximum atomic E-state index is 12.4. The number of amides is 1. The van der Waals surface area contributed by atoms with Crippen LogP contribution in [0.2, 0.25) is 0 Å². The van der Waals surface area contributed by atoms with E-state index in [0.29, 0.717) is 22.7 Å². The Morgan fingerprint density at radius 3 is 2.30 bits per heavy atom. The molecular weight excluding hydrogens is 360 g/mol. The van der Waals surface area contributed by atoms with E-state index in [1.807, 2.05) is 0 Å². The van der Waals surface area contributed by atoms with Crippen molar-refractivity contribution in [2.75, 3.05) is 26.6 Å². The minimum atomic E-state index is -2.95. The third-order valence-corrected chi connectivity index (χ3v) is 3.50. The molecule has 0 bridgehead atoms. The van der Waals surface area contributed by atoms with E-state index in [1.54, 1.807) is 18.2 Å². The van der Waals surface area contributed by atoms with Crippen molar-refractivity contribution in [2.45, 2.75) is 6.61 Å². The summed E-state index contributed by atoms with van der Waals surface area (Å²) in [5.41, 5.74) is 1.02. The molecule has 0 radical (unpaired) electrons. The molecule has 0 aliphatic carbocycles. The second-order valence-corrected chi connectivity index (χ2v) is 5.18. The summed E-state index contributed by atoms with van der Waals surface area (Å²) >= 11 is 0. The third kappa shape index (κ3) is 5.60. The van der Waals surface area contributed by atoms with Gasteiger partial charge in [-0.2, -0.15) is 8.78 Å². The summed E-state index contributed by atoms with van der Waals surface area (Å²) in [6, 6.07) is 9.35. The molecule has 0 aliphatic heterocycles. The molecule has 27 heavy (non-hydrogen) atoms. The highest BCUT2D eigenvalue weighted by Crippen LogP contribution is 2.30. The summed E-state index contributed by atoms with van der Waals surface area (Å²) in [7, 11) is 4.34. The van der Waals surface area contributed by atoms with E-state index < -0.39 is 12.5 Å². The summed E-state index contributed by atoms with van der Waals surface area (Å²) in [5, 5.41) is 2.69. The predicted octanol–water partition coefficient (Wildman–Crippen LogP) is 3.97. The molecule has 0 aromatic heterocycles. The zero-order valence-electron chi connectivity index (χ0n) is 15.0. The van der Waals surface area contributed by atoms with Crippen molar-refractivity contribution in [2.24, 2.45) is 0 Å². The topological polar surface area (TPSA) is 66.0 Å². The van der Waals surface area contributed by atoms with Crippen molar-refractivity contribution >= 4 is 17.7 Å². The number of nitrogens with one attached hydrogen (secondary N) is 1. The summed E-state index contributed by atoms with van der Waals surface area (Å²) in [6.07, 6.45) is 2.80. The van der Waals surface area contributed by atoms with Gasteiger partial charge in [-0.05, 0) is 35.9 Å². The van der Waals surface area contributed by atoms with Crippen LogP contribution in [-0.4, -0.2) is 33.8 Å². The van der Waals surface area contributed by atoms with Crippen molar-refractivity contribution in [1.29, 1.82) is 0 Å². The molecule has 8 heteroatoms. The molecule has 0 unspecified atom stereocenters. The molecule has 0 spiro atoms. The van der Waals surface area contributed by atoms with E-state index in [0.717, 1.165) is 0 Å². The van der Waals surface area contributed by atoms with Crippen LogP contribution >= 0.6 is 0 Å². The van der Waals surface area contributed by atoms with Gasteiger partial charge in [-0.25, -0.2) is 0 Å². The van der Waals surface area contributed by atoms with Crippen LogP contribution in [-0.2, 0) is 4.79 Å². The standard InChI is InChI=1S/C19H19F2NO5/c1-24-13-6-8-15(25-2)14(11-13)22-18(23)9-5-12-4-7-16(27-19(20)21)17(10-12)26-3/h4-11,19H,1-3H3,(H,22,23)/b9-5+. The highest BCUT2D eigenvalue weighted by Gasteiger charge is 2.11. The van der Waals surface area contributed by atoms with Crippen molar-refractivity contribution < 1.29 is 32.5 Å². The zero-order valence-corrected chi connectivity index (χ0v) is 15.0. The van der Waals surface area contributed by atoms with Gasteiger partial charge in [0.25, 0.3) is 0 Å². The molecular formula is C19H19F2NO5. The minimum Gasteiger partial charge on any atom is -0.497 e. The van der Waals surface area contributed by atoms with E-state index in [-0.39, 0.29) is 11.5 Å². The largest absolute Gasteiger partial charge is 0.497 e. The lowest BCUT2D eigenvalue weighted by Crippen LogP contribution is -2.09. The first-order valence-corrected chi connectivity index (χ1v) is 7.80. The first-order chi connectivity index (χ1) is 13.0. The second-order valence-electron chi connectivity index (χ2n) is 5.18. The summed E-state index contributed by atoms with van der Waals surface area (Å²) in [4.78, 5) is 12.2. The van der Waals surface area contributed by atoms with Gasteiger partial charge in [0.05, 0.1) is 27.0 Å². The number of alkyl halides is 2. The minimum absolute atomic E-state index is 0.0878. The lowest BCUT2D eigenvalue weighted by molar-refractivity contribution is -0.111. The number of hydrogen-bond acceptors (Lipinski definition) is 5. The Labute approximate surface area is 155 Å². The van der Waals surface area contributed by atoms with Crippen LogP contribution in [0.3, 0.4) is 0 Å². The zero-order chi connectivity index (χ0) is 19.8. The number of ether oxygens (including phenoxy) is 4. The molecule has 1 N–H and O–H groups in total. The molecule has 6 nitrogen and oxygen atoms in total. The Morgan fingerprint density at radius 2 is 1.67 bits per heavy atom. The van der Waals surface area contributed by atoms with Crippen LogP contribution < -0.4 is 24.3 Å². The van der Waals surface area contributed by atoms with Crippen LogP contribution in [0.5, 0.6) is 23.0 Å². The van der Waals surface area contributed by atoms with Crippen LogP contribution in [0.25, 0.3) is 6.08 Å². The summed E-state index contributed by atoms with van der Waals surface area (Å²) < 4.78 is 44.4. The molecule has 0 saturated heterocycles. The van der Waals surface area contributed by atoms with Crippen LogP contribution in [0.4, 0.5) is 14.5 Å². The smallest absolute Gasteiger partial charge is 0.387 e. The monoisotopic (exact) mass is 379 g/mol. The highest BCUT2D eigenvalue weighted by atomic mass is 19.3. The quantitative estimate of drug-likeness (QED) is 0.703. The van der Waals surface area contributed by atoms with Gasteiger partial charge in [-0.15, -0.1) is 0 Å².